The van der Waals surface area contributed by atoms with E-state index in [1.807, 2.05) is 12.1 Å². The summed E-state index contributed by atoms with van der Waals surface area (Å²) in [4.78, 5) is 7.00. The van der Waals surface area contributed by atoms with E-state index < -0.39 is 0 Å². The highest BCUT2D eigenvalue weighted by molar-refractivity contribution is 5.66. The first-order valence-electron chi connectivity index (χ1n) is 6.82. The zero-order valence-electron chi connectivity index (χ0n) is 11.2. The molecule has 0 amide bonds. The van der Waals surface area contributed by atoms with Gasteiger partial charge in [-0.2, -0.15) is 0 Å². The van der Waals surface area contributed by atoms with Gasteiger partial charge in [0.25, 0.3) is 0 Å². The van der Waals surface area contributed by atoms with Crippen LogP contribution in [0.4, 0.5) is 11.5 Å². The monoisotopic (exact) mass is 253 g/mol. The Balaban J connectivity index is 2.07. The topological polar surface area (TPSA) is 42.1 Å². The van der Waals surface area contributed by atoms with E-state index in [1.165, 1.54) is 11.3 Å². The van der Waals surface area contributed by atoms with Gasteiger partial charge >= 0.3 is 0 Å². The lowest BCUT2D eigenvalue weighted by atomic mass is 9.96. The number of benzene rings is 1. The lowest BCUT2D eigenvalue weighted by Gasteiger charge is -2.36. The molecule has 98 valence electrons. The Morgan fingerprint density at radius 1 is 1.21 bits per heavy atom. The zero-order valence-corrected chi connectivity index (χ0v) is 11.2. The maximum atomic E-state index is 5.70. The Morgan fingerprint density at radius 3 is 2.89 bits per heavy atom. The smallest absolute Gasteiger partial charge is 0.133 e. The van der Waals surface area contributed by atoms with Crippen LogP contribution in [-0.4, -0.2) is 11.0 Å². The Kier molecular flexibility index (Phi) is 3.22. The van der Waals surface area contributed by atoms with E-state index in [4.69, 9.17) is 5.73 Å². The fourth-order valence-corrected chi connectivity index (χ4v) is 2.75. The van der Waals surface area contributed by atoms with Crippen LogP contribution in [0, 0.1) is 0 Å². The summed E-state index contributed by atoms with van der Waals surface area (Å²) in [7, 11) is 0. The largest absolute Gasteiger partial charge is 0.325 e. The number of aryl methyl sites for hydroxylation is 1. The van der Waals surface area contributed by atoms with Crippen molar-refractivity contribution < 1.29 is 0 Å². The zero-order chi connectivity index (χ0) is 13.2. The summed E-state index contributed by atoms with van der Waals surface area (Å²) < 4.78 is 0. The lowest BCUT2D eigenvalue weighted by molar-refractivity contribution is 0.612. The molecule has 0 bridgehead atoms. The van der Waals surface area contributed by atoms with Gasteiger partial charge in [-0.15, -0.1) is 0 Å². The molecule has 0 spiro atoms. The number of hydrogen-bond donors (Lipinski definition) is 1. The molecular formula is C16H19N3. The van der Waals surface area contributed by atoms with Crippen LogP contribution in [0.1, 0.15) is 24.6 Å². The highest BCUT2D eigenvalue weighted by atomic mass is 15.2. The van der Waals surface area contributed by atoms with Gasteiger partial charge in [0, 0.05) is 18.3 Å². The second kappa shape index (κ2) is 5.02. The van der Waals surface area contributed by atoms with Crippen molar-refractivity contribution in [2.45, 2.75) is 32.4 Å². The Hall–Kier alpha value is -1.87. The summed E-state index contributed by atoms with van der Waals surface area (Å²) in [6, 6.07) is 15.1. The molecule has 19 heavy (non-hydrogen) atoms. The summed E-state index contributed by atoms with van der Waals surface area (Å²) >= 11 is 0. The minimum Gasteiger partial charge on any atom is -0.325 e. The summed E-state index contributed by atoms with van der Waals surface area (Å²) in [5, 5.41) is 0. The molecule has 0 saturated heterocycles. The molecule has 0 saturated carbocycles. The van der Waals surface area contributed by atoms with Crippen molar-refractivity contribution in [1.82, 2.24) is 4.98 Å². The van der Waals surface area contributed by atoms with Gasteiger partial charge in [-0.25, -0.2) is 4.98 Å². The van der Waals surface area contributed by atoms with E-state index in [9.17, 15) is 0 Å². The van der Waals surface area contributed by atoms with E-state index in [0.717, 1.165) is 24.4 Å². The molecule has 1 unspecified atom stereocenters. The molecule has 0 radical (unpaired) electrons. The van der Waals surface area contributed by atoms with Crippen LogP contribution in [0.3, 0.4) is 0 Å². The molecule has 2 aromatic rings. The predicted molar refractivity (Wildman–Crippen MR) is 78.5 cm³/mol. The number of rotatable bonds is 2. The molecule has 1 aliphatic rings. The molecule has 1 aromatic heterocycles. The fourth-order valence-electron chi connectivity index (χ4n) is 2.75. The number of anilines is 2. The van der Waals surface area contributed by atoms with Gasteiger partial charge < -0.3 is 10.6 Å². The van der Waals surface area contributed by atoms with Crippen LogP contribution in [0.2, 0.25) is 0 Å². The quantitative estimate of drug-likeness (QED) is 0.894. The highest BCUT2D eigenvalue weighted by Crippen LogP contribution is 2.35. The maximum Gasteiger partial charge on any atom is 0.133 e. The van der Waals surface area contributed by atoms with Gasteiger partial charge in [0.1, 0.15) is 5.82 Å². The first-order chi connectivity index (χ1) is 9.29. The number of nitrogens with two attached hydrogens (primary N) is 1. The third-order valence-corrected chi connectivity index (χ3v) is 3.77. The van der Waals surface area contributed by atoms with E-state index >= 15 is 0 Å². The molecule has 1 atom stereocenters. The summed E-state index contributed by atoms with van der Waals surface area (Å²) in [5.41, 5.74) is 9.32. The fraction of sp³-hybridized carbons (Fsp3) is 0.312. The minimum atomic E-state index is 0.468. The van der Waals surface area contributed by atoms with Crippen molar-refractivity contribution in [3.05, 3.63) is 53.7 Å². The van der Waals surface area contributed by atoms with Gasteiger partial charge in [-0.1, -0.05) is 24.3 Å². The Bertz CT molecular complexity index is 580. The molecule has 1 aromatic carbocycles. The lowest BCUT2D eigenvalue weighted by Crippen LogP contribution is -2.33. The third-order valence-electron chi connectivity index (χ3n) is 3.77. The summed E-state index contributed by atoms with van der Waals surface area (Å²) in [6.45, 7) is 2.74. The van der Waals surface area contributed by atoms with Gasteiger partial charge in [-0.05, 0) is 43.5 Å². The second-order valence-corrected chi connectivity index (χ2v) is 5.08. The number of aromatic nitrogens is 1. The van der Waals surface area contributed by atoms with Gasteiger partial charge in [0.2, 0.25) is 0 Å². The van der Waals surface area contributed by atoms with Crippen LogP contribution in [0.5, 0.6) is 0 Å². The van der Waals surface area contributed by atoms with Crippen LogP contribution >= 0.6 is 0 Å². The van der Waals surface area contributed by atoms with Crippen molar-refractivity contribution in [3.8, 4) is 0 Å². The normalized spacial score (nSPS) is 18.2. The van der Waals surface area contributed by atoms with Gasteiger partial charge in [-0.3, -0.25) is 0 Å². The van der Waals surface area contributed by atoms with Crippen molar-refractivity contribution in [1.29, 1.82) is 0 Å². The molecule has 3 heteroatoms. The highest BCUT2D eigenvalue weighted by Gasteiger charge is 2.24. The number of pyridine rings is 1. The second-order valence-electron chi connectivity index (χ2n) is 5.08. The van der Waals surface area contributed by atoms with E-state index in [1.54, 1.807) is 0 Å². The molecular weight excluding hydrogens is 234 g/mol. The Morgan fingerprint density at radius 2 is 2.05 bits per heavy atom. The molecule has 2 N–H and O–H groups in total. The summed E-state index contributed by atoms with van der Waals surface area (Å²) in [6.07, 6.45) is 2.30. The van der Waals surface area contributed by atoms with Crippen LogP contribution in [0.15, 0.2) is 42.5 Å². The number of para-hydroxylation sites is 1. The van der Waals surface area contributed by atoms with E-state index in [0.29, 0.717) is 12.6 Å². The van der Waals surface area contributed by atoms with Crippen molar-refractivity contribution in [2.24, 2.45) is 5.73 Å². The van der Waals surface area contributed by atoms with Gasteiger partial charge in [0.05, 0.1) is 5.69 Å². The van der Waals surface area contributed by atoms with Crippen molar-refractivity contribution >= 4 is 11.5 Å². The SMILES string of the molecule is CC1CCc2ccccc2N1c1cccc(CN)n1. The molecule has 1 aliphatic heterocycles. The Labute approximate surface area is 114 Å². The summed E-state index contributed by atoms with van der Waals surface area (Å²) in [5.74, 6) is 1.00. The first kappa shape index (κ1) is 12.2. The predicted octanol–water partition coefficient (Wildman–Crippen LogP) is 3.01. The number of nitrogens with zero attached hydrogens (tertiary/aromatic N) is 2. The number of hydrogen-bond acceptors (Lipinski definition) is 3. The number of fused-ring (bicyclic) bond motifs is 1. The van der Waals surface area contributed by atoms with Gasteiger partial charge in [0.15, 0.2) is 0 Å². The van der Waals surface area contributed by atoms with E-state index in [2.05, 4.69) is 47.1 Å². The molecule has 3 nitrogen and oxygen atoms in total. The molecule has 0 aliphatic carbocycles. The van der Waals surface area contributed by atoms with Crippen LogP contribution < -0.4 is 10.6 Å². The third kappa shape index (κ3) is 2.22. The average molecular weight is 253 g/mol. The van der Waals surface area contributed by atoms with Crippen molar-refractivity contribution in [2.75, 3.05) is 4.90 Å². The minimum absolute atomic E-state index is 0.468. The molecule has 2 heterocycles. The average Bonchev–Trinajstić information content (AvgIpc) is 2.47. The van der Waals surface area contributed by atoms with Crippen molar-refractivity contribution in [3.63, 3.8) is 0 Å². The standard InChI is InChI=1S/C16H19N3/c1-12-9-10-13-5-2-3-7-15(13)19(12)16-8-4-6-14(11-17)18-16/h2-8,12H,9-11,17H2,1H3. The van der Waals surface area contributed by atoms with Crippen LogP contribution in [-0.2, 0) is 13.0 Å². The van der Waals surface area contributed by atoms with Crippen LogP contribution in [0.25, 0.3) is 0 Å². The molecule has 3 rings (SSSR count). The maximum absolute atomic E-state index is 5.70. The first-order valence-corrected chi connectivity index (χ1v) is 6.82. The van der Waals surface area contributed by atoms with E-state index in [-0.39, 0.29) is 0 Å². The molecule has 0 fully saturated rings.